The molecule has 0 atom stereocenters. The molecule has 0 radical (unpaired) electrons. The lowest BCUT2D eigenvalue weighted by Crippen LogP contribution is -2.11. The molecule has 0 unspecified atom stereocenters. The summed E-state index contributed by atoms with van der Waals surface area (Å²) in [4.78, 5) is 10.8. The summed E-state index contributed by atoms with van der Waals surface area (Å²) in [6, 6.07) is 9.62. The molecule has 6 heteroatoms. The highest BCUT2D eigenvalue weighted by molar-refractivity contribution is 6.32. The lowest BCUT2D eigenvalue weighted by molar-refractivity contribution is -0.117. The van der Waals surface area contributed by atoms with Crippen LogP contribution in [0.1, 0.15) is 17.5 Å². The Kier molecular flexibility index (Phi) is 5.35. The van der Waals surface area contributed by atoms with Crippen LogP contribution in [0.25, 0.3) is 0 Å². The molecule has 0 aliphatic carbocycles. The Hall–Kier alpha value is -2.11. The first-order valence-electron chi connectivity index (χ1n) is 6.64. The van der Waals surface area contributed by atoms with Gasteiger partial charge in [0.05, 0.1) is 11.6 Å². The number of amides is 1. The first-order valence-corrected chi connectivity index (χ1v) is 7.02. The second-order valence-corrected chi connectivity index (χ2v) is 5.13. The molecule has 0 aromatic heterocycles. The number of aliphatic hydroxyl groups excluding tert-OH is 1. The van der Waals surface area contributed by atoms with E-state index >= 15 is 0 Å². The quantitative estimate of drug-likeness (QED) is 0.857. The molecule has 0 spiro atoms. The van der Waals surface area contributed by atoms with Crippen molar-refractivity contribution in [2.24, 2.45) is 5.73 Å². The summed E-state index contributed by atoms with van der Waals surface area (Å²) in [5, 5.41) is 9.22. The number of benzene rings is 2. The summed E-state index contributed by atoms with van der Waals surface area (Å²) >= 11 is 5.98. The first-order chi connectivity index (χ1) is 10.5. The van der Waals surface area contributed by atoms with Gasteiger partial charge in [-0.1, -0.05) is 29.8 Å². The van der Waals surface area contributed by atoms with Gasteiger partial charge < -0.3 is 15.6 Å². The second-order valence-electron chi connectivity index (χ2n) is 4.72. The normalized spacial score (nSPS) is 10.5. The Morgan fingerprint density at radius 2 is 2.09 bits per heavy atom. The Balaban J connectivity index is 2.29. The Morgan fingerprint density at radius 3 is 2.77 bits per heavy atom. The molecule has 0 aliphatic rings. The smallest absolute Gasteiger partial charge is 0.217 e. The Labute approximate surface area is 132 Å². The fourth-order valence-corrected chi connectivity index (χ4v) is 2.13. The summed E-state index contributed by atoms with van der Waals surface area (Å²) in [7, 11) is 0. The van der Waals surface area contributed by atoms with Crippen molar-refractivity contribution in [3.8, 4) is 11.5 Å². The van der Waals surface area contributed by atoms with Gasteiger partial charge in [0.25, 0.3) is 0 Å². The molecule has 0 aliphatic heterocycles. The van der Waals surface area contributed by atoms with E-state index < -0.39 is 11.7 Å². The topological polar surface area (TPSA) is 72.6 Å². The number of hydrogen-bond acceptors (Lipinski definition) is 3. The molecule has 22 heavy (non-hydrogen) atoms. The third-order valence-electron chi connectivity index (χ3n) is 3.07. The number of carbonyl (C=O) groups excluding carboxylic acids is 1. The van der Waals surface area contributed by atoms with E-state index in [4.69, 9.17) is 27.2 Å². The van der Waals surface area contributed by atoms with E-state index in [0.29, 0.717) is 16.9 Å². The predicted molar refractivity (Wildman–Crippen MR) is 81.4 cm³/mol. The van der Waals surface area contributed by atoms with Crippen LogP contribution in [-0.4, -0.2) is 11.0 Å². The number of ether oxygens (including phenoxy) is 1. The number of aryl methyl sites for hydroxylation is 1. The summed E-state index contributed by atoms with van der Waals surface area (Å²) < 4.78 is 19.9. The number of aliphatic hydroxyl groups is 1. The van der Waals surface area contributed by atoms with Gasteiger partial charge >= 0.3 is 0 Å². The molecule has 2 aromatic carbocycles. The maximum absolute atomic E-state index is 14.4. The van der Waals surface area contributed by atoms with Crippen LogP contribution >= 0.6 is 11.6 Å². The van der Waals surface area contributed by atoms with Crippen LogP contribution in [0.15, 0.2) is 36.4 Å². The van der Waals surface area contributed by atoms with E-state index in [-0.39, 0.29) is 30.2 Å². The molecule has 0 heterocycles. The number of nitrogens with two attached hydrogens (primary N) is 1. The summed E-state index contributed by atoms with van der Waals surface area (Å²) in [6.07, 6.45) is 0.212. The molecule has 2 rings (SSSR count). The highest BCUT2D eigenvalue weighted by atomic mass is 35.5. The van der Waals surface area contributed by atoms with Crippen LogP contribution in [-0.2, 0) is 17.8 Å². The van der Waals surface area contributed by atoms with Gasteiger partial charge in [-0.2, -0.15) is 0 Å². The fourth-order valence-electron chi connectivity index (χ4n) is 1.94. The SMILES string of the molecule is NC(=O)CCc1ccc(Cl)c(Oc2cccc(CO)c2)c1F. The number of rotatable bonds is 6. The average Bonchev–Trinajstić information content (AvgIpc) is 2.50. The zero-order chi connectivity index (χ0) is 16.1. The van der Waals surface area contributed by atoms with Crippen molar-refractivity contribution in [1.82, 2.24) is 0 Å². The summed E-state index contributed by atoms with van der Waals surface area (Å²) in [6.45, 7) is -0.147. The Bertz CT molecular complexity index is 691. The van der Waals surface area contributed by atoms with Crippen LogP contribution in [0.5, 0.6) is 11.5 Å². The minimum atomic E-state index is -0.622. The third-order valence-corrected chi connectivity index (χ3v) is 3.37. The van der Waals surface area contributed by atoms with Gasteiger partial charge in [-0.25, -0.2) is 4.39 Å². The second kappa shape index (κ2) is 7.24. The van der Waals surface area contributed by atoms with Crippen molar-refractivity contribution in [3.05, 3.63) is 58.4 Å². The lowest BCUT2D eigenvalue weighted by Gasteiger charge is -2.12. The van der Waals surface area contributed by atoms with E-state index in [1.54, 1.807) is 24.3 Å². The molecule has 0 saturated heterocycles. The van der Waals surface area contributed by atoms with Crippen LogP contribution in [0.3, 0.4) is 0 Å². The van der Waals surface area contributed by atoms with Crippen molar-refractivity contribution in [3.63, 3.8) is 0 Å². The molecular weight excluding hydrogens is 309 g/mol. The highest BCUT2D eigenvalue weighted by Crippen LogP contribution is 2.34. The predicted octanol–water partition coefficient (Wildman–Crippen LogP) is 3.18. The lowest BCUT2D eigenvalue weighted by atomic mass is 10.1. The molecule has 1 amide bonds. The van der Waals surface area contributed by atoms with Crippen molar-refractivity contribution in [1.29, 1.82) is 0 Å². The monoisotopic (exact) mass is 323 g/mol. The molecule has 2 aromatic rings. The summed E-state index contributed by atoms with van der Waals surface area (Å²) in [5.74, 6) is -0.881. The standard InChI is InChI=1S/C16H15ClFNO3/c17-13-6-4-11(5-7-14(19)21)15(18)16(13)22-12-3-1-2-10(8-12)9-20/h1-4,6,8,20H,5,7,9H2,(H2,19,21). The van der Waals surface area contributed by atoms with Crippen molar-refractivity contribution < 1.29 is 19.0 Å². The van der Waals surface area contributed by atoms with Gasteiger partial charge in [0.2, 0.25) is 5.91 Å². The van der Waals surface area contributed by atoms with E-state index in [2.05, 4.69) is 0 Å². The van der Waals surface area contributed by atoms with Crippen molar-refractivity contribution in [2.45, 2.75) is 19.4 Å². The molecule has 116 valence electrons. The van der Waals surface area contributed by atoms with E-state index in [1.165, 1.54) is 12.1 Å². The van der Waals surface area contributed by atoms with Crippen molar-refractivity contribution in [2.75, 3.05) is 0 Å². The maximum Gasteiger partial charge on any atom is 0.217 e. The average molecular weight is 324 g/mol. The maximum atomic E-state index is 14.4. The van der Waals surface area contributed by atoms with Gasteiger partial charge in [-0.3, -0.25) is 4.79 Å². The van der Waals surface area contributed by atoms with Gasteiger partial charge in [0.15, 0.2) is 11.6 Å². The third kappa shape index (κ3) is 3.96. The van der Waals surface area contributed by atoms with Gasteiger partial charge in [0.1, 0.15) is 5.75 Å². The molecular formula is C16H15ClFNO3. The first kappa shape index (κ1) is 16.3. The molecule has 3 N–H and O–H groups in total. The molecule has 0 fully saturated rings. The molecule has 0 saturated carbocycles. The van der Waals surface area contributed by atoms with Gasteiger partial charge in [0, 0.05) is 6.42 Å². The Morgan fingerprint density at radius 1 is 1.32 bits per heavy atom. The van der Waals surface area contributed by atoms with E-state index in [1.807, 2.05) is 0 Å². The number of hydrogen-bond donors (Lipinski definition) is 2. The number of halogens is 2. The molecule has 0 bridgehead atoms. The number of carbonyl (C=O) groups is 1. The van der Waals surface area contributed by atoms with Crippen LogP contribution in [0.2, 0.25) is 5.02 Å². The van der Waals surface area contributed by atoms with E-state index in [9.17, 15) is 9.18 Å². The van der Waals surface area contributed by atoms with E-state index in [0.717, 1.165) is 0 Å². The minimum absolute atomic E-state index is 0.0397. The van der Waals surface area contributed by atoms with Gasteiger partial charge in [-0.15, -0.1) is 0 Å². The number of primary amides is 1. The summed E-state index contributed by atoms with van der Waals surface area (Å²) in [5.41, 5.74) is 6.01. The van der Waals surface area contributed by atoms with Gasteiger partial charge in [-0.05, 0) is 35.7 Å². The largest absolute Gasteiger partial charge is 0.453 e. The molecule has 4 nitrogen and oxygen atoms in total. The minimum Gasteiger partial charge on any atom is -0.453 e. The fraction of sp³-hybridized carbons (Fsp3) is 0.188. The van der Waals surface area contributed by atoms with Crippen molar-refractivity contribution >= 4 is 17.5 Å². The van der Waals surface area contributed by atoms with Crippen LogP contribution in [0.4, 0.5) is 4.39 Å². The highest BCUT2D eigenvalue weighted by Gasteiger charge is 2.15. The zero-order valence-electron chi connectivity index (χ0n) is 11.7. The van der Waals surface area contributed by atoms with Crippen LogP contribution < -0.4 is 10.5 Å². The zero-order valence-corrected chi connectivity index (χ0v) is 12.4. The van der Waals surface area contributed by atoms with Crippen LogP contribution in [0, 0.1) is 5.82 Å².